The number of aromatic nitrogens is 1. The molecule has 0 amide bonds. The minimum Gasteiger partial charge on any atom is -0.493 e. The number of rotatable bonds is 6. The van der Waals surface area contributed by atoms with E-state index in [0.29, 0.717) is 34.9 Å². The number of thiophene rings is 1. The SMILES string of the molecule is COc1ccc(-c2cn(C)c(=O)c3cc(CNC4CCS(O)(O)C4)sc23)cc1OC. The molecule has 1 fully saturated rings. The molecule has 162 valence electrons. The Labute approximate surface area is 180 Å². The van der Waals surface area contributed by atoms with Gasteiger partial charge in [0.05, 0.1) is 25.4 Å². The molecular formula is C21H26N2O5S2. The molecule has 3 N–H and O–H groups in total. The first kappa shape index (κ1) is 21.2. The summed E-state index contributed by atoms with van der Waals surface area (Å²) < 4.78 is 33.0. The zero-order valence-electron chi connectivity index (χ0n) is 17.2. The first-order chi connectivity index (χ1) is 14.3. The molecule has 1 aliphatic heterocycles. The number of nitrogens with one attached hydrogen (secondary N) is 1. The molecule has 3 heterocycles. The molecule has 1 saturated heterocycles. The minimum absolute atomic E-state index is 0.0354. The monoisotopic (exact) mass is 450 g/mol. The van der Waals surface area contributed by atoms with E-state index < -0.39 is 10.6 Å². The van der Waals surface area contributed by atoms with Crippen molar-refractivity contribution >= 4 is 32.0 Å². The molecule has 0 spiro atoms. The highest BCUT2D eigenvalue weighted by Gasteiger charge is 2.28. The zero-order valence-corrected chi connectivity index (χ0v) is 18.8. The first-order valence-corrected chi connectivity index (χ1v) is 12.3. The van der Waals surface area contributed by atoms with Gasteiger partial charge in [-0.25, -0.2) is 0 Å². The number of hydrogen-bond acceptors (Lipinski definition) is 7. The number of pyridine rings is 1. The smallest absolute Gasteiger partial charge is 0.259 e. The third kappa shape index (κ3) is 4.08. The van der Waals surface area contributed by atoms with E-state index in [1.807, 2.05) is 30.5 Å². The summed E-state index contributed by atoms with van der Waals surface area (Å²) in [5.41, 5.74) is 1.87. The minimum atomic E-state index is -2.43. The average molecular weight is 451 g/mol. The summed E-state index contributed by atoms with van der Waals surface area (Å²) in [6.07, 6.45) is 2.61. The van der Waals surface area contributed by atoms with Crippen LogP contribution in [-0.4, -0.2) is 45.4 Å². The number of methoxy groups -OCH3 is 2. The highest BCUT2D eigenvalue weighted by molar-refractivity contribution is 8.24. The Hall–Kier alpha value is -2.04. The van der Waals surface area contributed by atoms with Crippen molar-refractivity contribution in [1.82, 2.24) is 9.88 Å². The second kappa shape index (κ2) is 8.24. The Kier molecular flexibility index (Phi) is 5.82. The molecule has 1 aliphatic rings. The summed E-state index contributed by atoms with van der Waals surface area (Å²) in [4.78, 5) is 13.8. The van der Waals surface area contributed by atoms with E-state index in [-0.39, 0.29) is 11.6 Å². The Balaban J connectivity index is 1.69. The maximum Gasteiger partial charge on any atom is 0.259 e. The Morgan fingerprint density at radius 2 is 2.00 bits per heavy atom. The fraction of sp³-hybridized carbons (Fsp3) is 0.381. The summed E-state index contributed by atoms with van der Waals surface area (Å²) in [6, 6.07) is 7.76. The Bertz CT molecular complexity index is 1140. The van der Waals surface area contributed by atoms with Crippen molar-refractivity contribution in [2.75, 3.05) is 25.7 Å². The number of hydrogen-bond donors (Lipinski definition) is 3. The molecule has 1 atom stereocenters. The predicted molar refractivity (Wildman–Crippen MR) is 123 cm³/mol. The van der Waals surface area contributed by atoms with Gasteiger partial charge in [0.15, 0.2) is 11.5 Å². The van der Waals surface area contributed by atoms with Crippen molar-refractivity contribution in [3.8, 4) is 22.6 Å². The number of ether oxygens (including phenoxy) is 2. The third-order valence-corrected chi connectivity index (χ3v) is 8.42. The van der Waals surface area contributed by atoms with Gasteiger partial charge in [0.1, 0.15) is 0 Å². The maximum atomic E-state index is 12.7. The number of nitrogens with zero attached hydrogens (tertiary/aromatic N) is 1. The second-order valence-electron chi connectivity index (χ2n) is 7.52. The molecule has 7 nitrogen and oxygen atoms in total. The lowest BCUT2D eigenvalue weighted by Crippen LogP contribution is -2.28. The molecule has 4 rings (SSSR count). The molecule has 0 aliphatic carbocycles. The largest absolute Gasteiger partial charge is 0.493 e. The van der Waals surface area contributed by atoms with Gasteiger partial charge in [0.25, 0.3) is 5.56 Å². The number of aryl methyl sites for hydroxylation is 1. The topological polar surface area (TPSA) is 93.0 Å². The van der Waals surface area contributed by atoms with Crippen LogP contribution in [-0.2, 0) is 13.6 Å². The fourth-order valence-electron chi connectivity index (χ4n) is 3.82. The molecule has 30 heavy (non-hydrogen) atoms. The first-order valence-electron chi connectivity index (χ1n) is 9.62. The van der Waals surface area contributed by atoms with E-state index >= 15 is 0 Å². The van der Waals surface area contributed by atoms with Crippen molar-refractivity contribution in [3.63, 3.8) is 0 Å². The van der Waals surface area contributed by atoms with E-state index in [4.69, 9.17) is 9.47 Å². The van der Waals surface area contributed by atoms with Crippen molar-refractivity contribution in [2.45, 2.75) is 19.0 Å². The van der Waals surface area contributed by atoms with Gasteiger partial charge in [-0.1, -0.05) is 6.07 Å². The normalized spacial score (nSPS) is 19.2. The van der Waals surface area contributed by atoms with Gasteiger partial charge >= 0.3 is 0 Å². The highest BCUT2D eigenvalue weighted by atomic mass is 32.3. The maximum absolute atomic E-state index is 12.7. The quantitative estimate of drug-likeness (QED) is 0.528. The lowest BCUT2D eigenvalue weighted by molar-refractivity contribution is 0.355. The molecule has 1 aromatic carbocycles. The van der Waals surface area contributed by atoms with Crippen LogP contribution in [0.2, 0.25) is 0 Å². The summed E-state index contributed by atoms with van der Waals surface area (Å²) in [7, 11) is 2.53. The third-order valence-electron chi connectivity index (χ3n) is 5.42. The molecule has 3 aromatic rings. The Morgan fingerprint density at radius 1 is 1.23 bits per heavy atom. The fourth-order valence-corrected chi connectivity index (χ4v) is 6.71. The summed E-state index contributed by atoms with van der Waals surface area (Å²) in [6.45, 7) is 0.591. The van der Waals surface area contributed by atoms with E-state index in [0.717, 1.165) is 27.1 Å². The summed E-state index contributed by atoms with van der Waals surface area (Å²) in [5.74, 6) is 2.15. The average Bonchev–Trinajstić information content (AvgIpc) is 3.31. The molecular weight excluding hydrogens is 424 g/mol. The van der Waals surface area contributed by atoms with Crippen molar-refractivity contribution in [2.24, 2.45) is 7.05 Å². The van der Waals surface area contributed by atoms with Crippen LogP contribution < -0.4 is 20.3 Å². The van der Waals surface area contributed by atoms with Crippen LogP contribution >= 0.6 is 21.9 Å². The van der Waals surface area contributed by atoms with E-state index in [2.05, 4.69) is 5.32 Å². The molecule has 1 unspecified atom stereocenters. The van der Waals surface area contributed by atoms with Crippen molar-refractivity contribution in [1.29, 1.82) is 0 Å². The zero-order chi connectivity index (χ0) is 21.5. The molecule has 0 radical (unpaired) electrons. The molecule has 9 heteroatoms. The van der Waals surface area contributed by atoms with Crippen LogP contribution in [0.4, 0.5) is 0 Å². The predicted octanol–water partition coefficient (Wildman–Crippen LogP) is 3.90. The van der Waals surface area contributed by atoms with Crippen molar-refractivity contribution < 1.29 is 18.6 Å². The lowest BCUT2D eigenvalue weighted by Gasteiger charge is -2.26. The van der Waals surface area contributed by atoms with Crippen LogP contribution in [0.3, 0.4) is 0 Å². The van der Waals surface area contributed by atoms with Gasteiger partial charge in [-0.3, -0.25) is 13.9 Å². The van der Waals surface area contributed by atoms with E-state index in [1.54, 1.807) is 37.2 Å². The van der Waals surface area contributed by atoms with Crippen LogP contribution in [0.1, 0.15) is 11.3 Å². The summed E-state index contributed by atoms with van der Waals surface area (Å²) in [5, 5.41) is 4.09. The van der Waals surface area contributed by atoms with Gasteiger partial charge in [-0.15, -0.1) is 11.3 Å². The van der Waals surface area contributed by atoms with Crippen LogP contribution in [0, 0.1) is 0 Å². The molecule has 0 bridgehead atoms. The van der Waals surface area contributed by atoms with E-state index in [9.17, 15) is 13.9 Å². The number of fused-ring (bicyclic) bond motifs is 1. The van der Waals surface area contributed by atoms with Crippen LogP contribution in [0.5, 0.6) is 11.5 Å². The van der Waals surface area contributed by atoms with Crippen LogP contribution in [0.25, 0.3) is 21.2 Å². The highest BCUT2D eigenvalue weighted by Crippen LogP contribution is 2.45. The van der Waals surface area contributed by atoms with Crippen molar-refractivity contribution in [3.05, 3.63) is 45.7 Å². The van der Waals surface area contributed by atoms with Gasteiger partial charge in [0.2, 0.25) is 0 Å². The van der Waals surface area contributed by atoms with Gasteiger partial charge in [-0.2, -0.15) is 10.6 Å². The van der Waals surface area contributed by atoms with Gasteiger partial charge in [-0.05, 0) is 30.2 Å². The second-order valence-corrected chi connectivity index (χ2v) is 11.0. The standard InChI is InChI=1S/C21H26N2O5S2/c1-23-11-17(13-4-5-18(27-2)19(8-13)28-3)20-16(21(23)24)9-15(29-20)10-22-14-6-7-30(25,26)12-14/h4-5,8-9,11,14,22,25-26H,6-7,10,12H2,1-3H3. The van der Waals surface area contributed by atoms with Gasteiger partial charge < -0.3 is 19.4 Å². The molecule has 2 aromatic heterocycles. The van der Waals surface area contributed by atoms with Gasteiger partial charge in [0, 0.05) is 46.7 Å². The number of benzene rings is 1. The summed E-state index contributed by atoms with van der Waals surface area (Å²) >= 11 is 1.58. The van der Waals surface area contributed by atoms with E-state index in [1.165, 1.54) is 0 Å². The Morgan fingerprint density at radius 3 is 2.67 bits per heavy atom. The lowest BCUT2D eigenvalue weighted by atomic mass is 10.1. The molecule has 0 saturated carbocycles. The van der Waals surface area contributed by atoms with Crippen LogP contribution in [0.15, 0.2) is 35.3 Å².